The molecule has 0 spiro atoms. The second kappa shape index (κ2) is 10.2. The van der Waals surface area contributed by atoms with Crippen molar-refractivity contribution in [2.24, 2.45) is 5.92 Å². The standard InChI is InChI=1S/C28H30FN5O5/c1-28(2)26(38)34(27(39)33(28)15-24(36)32-11-9-17(16-35)10-12-32)23-14-18(7-8-21(23)29)13-22-19-5-3-4-6-20(19)25(37)31-30-22/h3-8,14,17,35H,9-13,15-16H2,1-2H3,(H,31,37). The fourth-order valence-electron chi connectivity index (χ4n) is 5.25. The number of anilines is 1. The molecule has 1 aromatic heterocycles. The number of fused-ring (bicyclic) bond motifs is 1. The number of likely N-dealkylation sites (tertiary alicyclic amines) is 1. The molecule has 0 aliphatic carbocycles. The average Bonchev–Trinajstić information content (AvgIpc) is 3.10. The van der Waals surface area contributed by atoms with Crippen molar-refractivity contribution in [2.45, 2.75) is 38.6 Å². The molecule has 2 aromatic carbocycles. The van der Waals surface area contributed by atoms with Gasteiger partial charge in [-0.3, -0.25) is 14.4 Å². The number of hydrogen-bond acceptors (Lipinski definition) is 6. The lowest BCUT2D eigenvalue weighted by Gasteiger charge is -2.34. The van der Waals surface area contributed by atoms with Gasteiger partial charge in [-0.1, -0.05) is 24.3 Å². The smallest absolute Gasteiger partial charge is 0.332 e. The second-order valence-corrected chi connectivity index (χ2v) is 10.6. The van der Waals surface area contributed by atoms with Crippen molar-refractivity contribution in [3.05, 3.63) is 69.9 Å². The van der Waals surface area contributed by atoms with Gasteiger partial charge in [0.2, 0.25) is 5.91 Å². The van der Waals surface area contributed by atoms with Gasteiger partial charge in [0.25, 0.3) is 11.5 Å². The maximum Gasteiger partial charge on any atom is 0.332 e. The van der Waals surface area contributed by atoms with Gasteiger partial charge >= 0.3 is 6.03 Å². The molecular formula is C28H30FN5O5. The molecule has 2 fully saturated rings. The summed E-state index contributed by atoms with van der Waals surface area (Å²) in [6, 6.07) is 10.4. The summed E-state index contributed by atoms with van der Waals surface area (Å²) in [5, 5.41) is 17.1. The van der Waals surface area contributed by atoms with Gasteiger partial charge in [0.15, 0.2) is 0 Å². The van der Waals surface area contributed by atoms with Crippen molar-refractivity contribution in [3.8, 4) is 0 Å². The van der Waals surface area contributed by atoms with Crippen LogP contribution in [0.1, 0.15) is 37.9 Å². The van der Waals surface area contributed by atoms with E-state index in [-0.39, 0.29) is 42.6 Å². The summed E-state index contributed by atoms with van der Waals surface area (Å²) in [4.78, 5) is 55.7. The number of aromatic nitrogens is 2. The number of rotatable bonds is 6. The molecule has 3 heterocycles. The maximum atomic E-state index is 15.1. The first kappa shape index (κ1) is 26.5. The van der Waals surface area contributed by atoms with Crippen molar-refractivity contribution >= 4 is 34.3 Å². The first-order valence-corrected chi connectivity index (χ1v) is 12.9. The Kier molecular flexibility index (Phi) is 6.94. The Morgan fingerprint density at radius 1 is 1.10 bits per heavy atom. The number of nitrogens with one attached hydrogen (secondary N) is 1. The van der Waals surface area contributed by atoms with E-state index in [0.717, 1.165) is 4.90 Å². The van der Waals surface area contributed by atoms with Crippen molar-refractivity contribution in [3.63, 3.8) is 0 Å². The molecule has 11 heteroatoms. The normalized spacial score (nSPS) is 17.9. The highest BCUT2D eigenvalue weighted by molar-refractivity contribution is 6.23. The molecule has 5 rings (SSSR count). The molecule has 2 aliphatic rings. The number of urea groups is 1. The number of benzene rings is 2. The zero-order valence-corrected chi connectivity index (χ0v) is 21.8. The summed E-state index contributed by atoms with van der Waals surface area (Å²) in [5.41, 5.74) is -0.759. The number of hydrogen-bond donors (Lipinski definition) is 2. The van der Waals surface area contributed by atoms with Crippen molar-refractivity contribution in [1.82, 2.24) is 20.0 Å². The number of carbonyl (C=O) groups excluding carboxylic acids is 3. The van der Waals surface area contributed by atoms with Gasteiger partial charge in [-0.2, -0.15) is 5.10 Å². The molecular weight excluding hydrogens is 505 g/mol. The molecule has 4 amide bonds. The summed E-state index contributed by atoms with van der Waals surface area (Å²) in [6.45, 7) is 3.77. The Balaban J connectivity index is 1.40. The molecule has 2 saturated heterocycles. The molecule has 0 unspecified atom stereocenters. The highest BCUT2D eigenvalue weighted by Gasteiger charge is 2.53. The number of carbonyl (C=O) groups is 3. The molecule has 2 aliphatic heterocycles. The number of piperidine rings is 1. The van der Waals surface area contributed by atoms with Crippen LogP contribution in [-0.2, 0) is 16.0 Å². The highest BCUT2D eigenvalue weighted by Crippen LogP contribution is 2.34. The van der Waals surface area contributed by atoms with Crippen LogP contribution in [0.5, 0.6) is 0 Å². The second-order valence-electron chi connectivity index (χ2n) is 10.6. The van der Waals surface area contributed by atoms with Gasteiger partial charge in [0.05, 0.1) is 16.8 Å². The number of aliphatic hydroxyl groups is 1. The number of nitrogens with zero attached hydrogens (tertiary/aromatic N) is 4. The summed E-state index contributed by atoms with van der Waals surface area (Å²) >= 11 is 0. The number of aliphatic hydroxyl groups excluding tert-OH is 1. The van der Waals surface area contributed by atoms with Crippen LogP contribution in [0.15, 0.2) is 47.3 Å². The van der Waals surface area contributed by atoms with Crippen LogP contribution in [0, 0.1) is 11.7 Å². The van der Waals surface area contributed by atoms with Gasteiger partial charge in [0.1, 0.15) is 17.9 Å². The Labute approximate surface area is 224 Å². The molecule has 3 aromatic rings. The predicted molar refractivity (Wildman–Crippen MR) is 142 cm³/mol. The lowest BCUT2D eigenvalue weighted by Crippen LogP contribution is -2.51. The van der Waals surface area contributed by atoms with E-state index in [1.165, 1.54) is 36.9 Å². The number of aromatic amines is 1. The monoisotopic (exact) mass is 535 g/mol. The van der Waals surface area contributed by atoms with Crippen molar-refractivity contribution in [1.29, 1.82) is 0 Å². The third-order valence-electron chi connectivity index (χ3n) is 7.74. The molecule has 0 bridgehead atoms. The Bertz CT molecular complexity index is 1510. The van der Waals surface area contributed by atoms with Crippen LogP contribution in [0.3, 0.4) is 0 Å². The van der Waals surface area contributed by atoms with Gasteiger partial charge < -0.3 is 14.9 Å². The van der Waals surface area contributed by atoms with E-state index in [1.807, 2.05) is 0 Å². The van der Waals surface area contributed by atoms with Crippen molar-refractivity contribution < 1.29 is 23.9 Å². The maximum absolute atomic E-state index is 15.1. The third-order valence-corrected chi connectivity index (χ3v) is 7.74. The van der Waals surface area contributed by atoms with E-state index in [0.29, 0.717) is 48.0 Å². The van der Waals surface area contributed by atoms with Crippen LogP contribution in [0.4, 0.5) is 14.9 Å². The fourth-order valence-corrected chi connectivity index (χ4v) is 5.25. The molecule has 39 heavy (non-hydrogen) atoms. The van der Waals surface area contributed by atoms with Crippen LogP contribution in [-0.4, -0.2) is 74.7 Å². The summed E-state index contributed by atoms with van der Waals surface area (Å²) < 4.78 is 15.1. The minimum Gasteiger partial charge on any atom is -0.396 e. The first-order valence-electron chi connectivity index (χ1n) is 12.9. The summed E-state index contributed by atoms with van der Waals surface area (Å²) in [7, 11) is 0. The van der Waals surface area contributed by atoms with Crippen LogP contribution >= 0.6 is 0 Å². The molecule has 204 valence electrons. The number of H-pyrrole nitrogens is 1. The highest BCUT2D eigenvalue weighted by atomic mass is 19.1. The van der Waals surface area contributed by atoms with Crippen LogP contribution in [0.25, 0.3) is 10.8 Å². The molecule has 10 nitrogen and oxygen atoms in total. The van der Waals surface area contributed by atoms with Gasteiger partial charge in [-0.15, -0.1) is 0 Å². The van der Waals surface area contributed by atoms with E-state index in [9.17, 15) is 24.3 Å². The van der Waals surface area contributed by atoms with E-state index < -0.39 is 23.3 Å². The molecule has 0 atom stereocenters. The lowest BCUT2D eigenvalue weighted by atomic mass is 9.98. The van der Waals surface area contributed by atoms with E-state index in [4.69, 9.17) is 0 Å². The lowest BCUT2D eigenvalue weighted by molar-refractivity contribution is -0.135. The number of imide groups is 1. The van der Waals surface area contributed by atoms with E-state index in [1.54, 1.807) is 29.2 Å². The average molecular weight is 536 g/mol. The number of amides is 4. The van der Waals surface area contributed by atoms with Gasteiger partial charge in [-0.05, 0) is 56.4 Å². The quantitative estimate of drug-likeness (QED) is 0.467. The SMILES string of the molecule is CC1(C)C(=O)N(c2cc(Cc3n[nH]c(=O)c4ccccc34)ccc2F)C(=O)N1CC(=O)N1CCC(CO)CC1. The van der Waals surface area contributed by atoms with Gasteiger partial charge in [-0.25, -0.2) is 19.2 Å². The van der Waals surface area contributed by atoms with Gasteiger partial charge in [0, 0.05) is 31.5 Å². The molecule has 0 radical (unpaired) electrons. The minimum atomic E-state index is -1.37. The molecule has 2 N–H and O–H groups in total. The zero-order chi connectivity index (χ0) is 27.9. The van der Waals surface area contributed by atoms with Crippen LogP contribution < -0.4 is 10.5 Å². The molecule has 0 saturated carbocycles. The Morgan fingerprint density at radius 2 is 1.79 bits per heavy atom. The van der Waals surface area contributed by atoms with E-state index in [2.05, 4.69) is 10.2 Å². The van der Waals surface area contributed by atoms with E-state index >= 15 is 4.39 Å². The minimum absolute atomic E-state index is 0.0717. The Morgan fingerprint density at radius 3 is 2.49 bits per heavy atom. The third kappa shape index (κ3) is 4.78. The first-order chi connectivity index (χ1) is 18.6. The predicted octanol–water partition coefficient (Wildman–Crippen LogP) is 2.43. The summed E-state index contributed by atoms with van der Waals surface area (Å²) in [5.74, 6) is -1.54. The zero-order valence-electron chi connectivity index (χ0n) is 21.8. The summed E-state index contributed by atoms with van der Waals surface area (Å²) in [6.07, 6.45) is 1.56. The van der Waals surface area contributed by atoms with Crippen LogP contribution in [0.2, 0.25) is 0 Å². The fraction of sp³-hybridized carbons (Fsp3) is 0.393. The topological polar surface area (TPSA) is 127 Å². The number of halogens is 1. The van der Waals surface area contributed by atoms with Crippen molar-refractivity contribution in [2.75, 3.05) is 31.1 Å². The Hall–Kier alpha value is -4.12. The largest absolute Gasteiger partial charge is 0.396 e.